The van der Waals surface area contributed by atoms with Gasteiger partial charge in [0.15, 0.2) is 0 Å². The summed E-state index contributed by atoms with van der Waals surface area (Å²) < 4.78 is 0. The highest BCUT2D eigenvalue weighted by atomic mass is 35.5. The first kappa shape index (κ1) is 10.8. The van der Waals surface area contributed by atoms with Crippen molar-refractivity contribution in [3.63, 3.8) is 0 Å². The molecule has 1 rings (SSSR count). The number of rotatable bonds is 3. The zero-order chi connectivity index (χ0) is 10.6. The number of nitrogens with two attached hydrogens (primary N) is 1. The average Bonchev–Trinajstić information content (AvgIpc) is 2.20. The summed E-state index contributed by atoms with van der Waals surface area (Å²) in [5.74, 6) is 4.73. The molecular formula is C9H12ClN3O. The minimum Gasteiger partial charge on any atom is -0.374 e. The summed E-state index contributed by atoms with van der Waals surface area (Å²) in [7, 11) is 0. The van der Waals surface area contributed by atoms with Crippen LogP contribution in [0, 0.1) is 0 Å². The van der Waals surface area contributed by atoms with Gasteiger partial charge in [-0.25, -0.2) is 5.84 Å². The third-order valence-corrected chi connectivity index (χ3v) is 2.01. The Morgan fingerprint density at radius 3 is 2.50 bits per heavy atom. The molecule has 1 aromatic rings. The summed E-state index contributed by atoms with van der Waals surface area (Å²) in [6, 6.07) is 6.71. The lowest BCUT2D eigenvalue weighted by molar-refractivity contribution is -0.121. The van der Waals surface area contributed by atoms with Crippen LogP contribution in [0.3, 0.4) is 0 Å². The minimum absolute atomic E-state index is 0.264. The largest absolute Gasteiger partial charge is 0.374 e. The van der Waals surface area contributed by atoms with Gasteiger partial charge in [-0.2, -0.15) is 0 Å². The summed E-state index contributed by atoms with van der Waals surface area (Å²) in [4.78, 5) is 11.1. The lowest BCUT2D eigenvalue weighted by Gasteiger charge is -2.13. The normalized spacial score (nSPS) is 11.9. The SMILES string of the molecule is C[C@H](Nc1ccc(Cl)cc1)C(=O)NN. The second-order valence-corrected chi connectivity index (χ2v) is 3.32. The molecule has 1 aromatic carbocycles. The maximum Gasteiger partial charge on any atom is 0.256 e. The first-order valence-electron chi connectivity index (χ1n) is 4.16. The molecule has 0 aliphatic carbocycles. The van der Waals surface area contributed by atoms with Crippen LogP contribution in [-0.2, 0) is 4.79 Å². The number of anilines is 1. The summed E-state index contributed by atoms with van der Waals surface area (Å²) in [5.41, 5.74) is 2.89. The molecule has 0 unspecified atom stereocenters. The van der Waals surface area contributed by atoms with E-state index in [-0.39, 0.29) is 11.9 Å². The maximum absolute atomic E-state index is 11.1. The molecule has 0 saturated heterocycles. The molecular weight excluding hydrogens is 202 g/mol. The van der Waals surface area contributed by atoms with Crippen molar-refractivity contribution in [1.82, 2.24) is 5.43 Å². The van der Waals surface area contributed by atoms with Gasteiger partial charge in [0.25, 0.3) is 5.91 Å². The van der Waals surface area contributed by atoms with E-state index in [2.05, 4.69) is 10.7 Å². The first-order chi connectivity index (χ1) is 6.63. The number of amides is 1. The average molecular weight is 214 g/mol. The molecule has 4 N–H and O–H groups in total. The predicted molar refractivity (Wildman–Crippen MR) is 56.9 cm³/mol. The van der Waals surface area contributed by atoms with Crippen molar-refractivity contribution < 1.29 is 4.79 Å². The van der Waals surface area contributed by atoms with Crippen LogP contribution in [0.15, 0.2) is 24.3 Å². The van der Waals surface area contributed by atoms with Gasteiger partial charge in [0, 0.05) is 10.7 Å². The van der Waals surface area contributed by atoms with E-state index >= 15 is 0 Å². The van der Waals surface area contributed by atoms with Crippen molar-refractivity contribution in [3.8, 4) is 0 Å². The summed E-state index contributed by atoms with van der Waals surface area (Å²) in [5, 5.41) is 3.63. The zero-order valence-corrected chi connectivity index (χ0v) is 8.51. The van der Waals surface area contributed by atoms with Gasteiger partial charge in [-0.15, -0.1) is 0 Å². The molecule has 0 aliphatic heterocycles. The van der Waals surface area contributed by atoms with Crippen LogP contribution in [0.5, 0.6) is 0 Å². The Bertz CT molecular complexity index is 312. The monoisotopic (exact) mass is 213 g/mol. The van der Waals surface area contributed by atoms with Gasteiger partial charge < -0.3 is 5.32 Å². The number of carbonyl (C=O) groups is 1. The Morgan fingerprint density at radius 1 is 1.43 bits per heavy atom. The predicted octanol–water partition coefficient (Wildman–Crippen LogP) is 1.13. The number of carbonyl (C=O) groups excluding carboxylic acids is 1. The van der Waals surface area contributed by atoms with Gasteiger partial charge in [-0.3, -0.25) is 10.2 Å². The fourth-order valence-electron chi connectivity index (χ4n) is 0.987. The minimum atomic E-state index is -0.374. The molecule has 0 radical (unpaired) electrons. The van der Waals surface area contributed by atoms with Crippen molar-refractivity contribution in [2.45, 2.75) is 13.0 Å². The fourth-order valence-corrected chi connectivity index (χ4v) is 1.11. The molecule has 0 bridgehead atoms. The molecule has 0 saturated carbocycles. The van der Waals surface area contributed by atoms with Crippen LogP contribution < -0.4 is 16.6 Å². The lowest BCUT2D eigenvalue weighted by atomic mass is 10.2. The van der Waals surface area contributed by atoms with Gasteiger partial charge in [-0.05, 0) is 31.2 Å². The van der Waals surface area contributed by atoms with E-state index < -0.39 is 0 Å². The highest BCUT2D eigenvalue weighted by Gasteiger charge is 2.09. The van der Waals surface area contributed by atoms with E-state index in [0.717, 1.165) is 5.69 Å². The van der Waals surface area contributed by atoms with Crippen LogP contribution in [0.2, 0.25) is 5.02 Å². The third kappa shape index (κ3) is 2.90. The van der Waals surface area contributed by atoms with Crippen molar-refractivity contribution in [2.75, 3.05) is 5.32 Å². The molecule has 4 nitrogen and oxygen atoms in total. The summed E-state index contributed by atoms with van der Waals surface area (Å²) in [6.07, 6.45) is 0. The molecule has 1 amide bonds. The zero-order valence-electron chi connectivity index (χ0n) is 7.75. The molecule has 76 valence electrons. The molecule has 0 heterocycles. The van der Waals surface area contributed by atoms with Gasteiger partial charge in [-0.1, -0.05) is 11.6 Å². The summed E-state index contributed by atoms with van der Waals surface area (Å²) >= 11 is 5.71. The Labute approximate surface area is 87.4 Å². The second-order valence-electron chi connectivity index (χ2n) is 2.88. The lowest BCUT2D eigenvalue weighted by Crippen LogP contribution is -2.41. The highest BCUT2D eigenvalue weighted by molar-refractivity contribution is 6.30. The molecule has 0 aromatic heterocycles. The number of halogens is 1. The van der Waals surface area contributed by atoms with E-state index in [1.54, 1.807) is 31.2 Å². The molecule has 5 heteroatoms. The van der Waals surface area contributed by atoms with Gasteiger partial charge in [0.2, 0.25) is 0 Å². The van der Waals surface area contributed by atoms with Gasteiger partial charge >= 0.3 is 0 Å². The molecule has 0 fully saturated rings. The van der Waals surface area contributed by atoms with Crippen molar-refractivity contribution in [1.29, 1.82) is 0 Å². The maximum atomic E-state index is 11.1. The second kappa shape index (κ2) is 4.83. The number of hydrazine groups is 1. The van der Waals surface area contributed by atoms with Crippen LogP contribution in [0.1, 0.15) is 6.92 Å². The number of nitrogens with one attached hydrogen (secondary N) is 2. The number of benzene rings is 1. The van der Waals surface area contributed by atoms with Crippen molar-refractivity contribution in [2.24, 2.45) is 5.84 Å². The number of hydrogen-bond acceptors (Lipinski definition) is 3. The highest BCUT2D eigenvalue weighted by Crippen LogP contribution is 2.13. The molecule has 0 aliphatic rings. The number of hydrogen-bond donors (Lipinski definition) is 3. The van der Waals surface area contributed by atoms with Crippen LogP contribution in [0.4, 0.5) is 5.69 Å². The Balaban J connectivity index is 2.60. The van der Waals surface area contributed by atoms with Crippen molar-refractivity contribution in [3.05, 3.63) is 29.3 Å². The van der Waals surface area contributed by atoms with E-state index in [1.165, 1.54) is 0 Å². The Hall–Kier alpha value is -1.26. The van der Waals surface area contributed by atoms with Gasteiger partial charge in [0.05, 0.1) is 0 Å². The van der Waals surface area contributed by atoms with Gasteiger partial charge in [0.1, 0.15) is 6.04 Å². The van der Waals surface area contributed by atoms with Crippen LogP contribution in [-0.4, -0.2) is 11.9 Å². The quantitative estimate of drug-likeness (QED) is 0.401. The molecule has 0 spiro atoms. The van der Waals surface area contributed by atoms with E-state index in [9.17, 15) is 4.79 Å². The molecule has 14 heavy (non-hydrogen) atoms. The summed E-state index contributed by atoms with van der Waals surface area (Å²) in [6.45, 7) is 1.72. The van der Waals surface area contributed by atoms with E-state index in [1.807, 2.05) is 0 Å². The smallest absolute Gasteiger partial charge is 0.256 e. The van der Waals surface area contributed by atoms with Crippen LogP contribution >= 0.6 is 11.6 Å². The van der Waals surface area contributed by atoms with E-state index in [4.69, 9.17) is 17.4 Å². The Kier molecular flexibility index (Phi) is 3.73. The van der Waals surface area contributed by atoms with Crippen LogP contribution in [0.25, 0.3) is 0 Å². The standard InChI is InChI=1S/C9H12ClN3O/c1-6(9(14)13-11)12-8-4-2-7(10)3-5-8/h2-6,12H,11H2,1H3,(H,13,14)/t6-/m0/s1. The van der Waals surface area contributed by atoms with E-state index in [0.29, 0.717) is 5.02 Å². The first-order valence-corrected chi connectivity index (χ1v) is 4.54. The van der Waals surface area contributed by atoms with Crippen molar-refractivity contribution >= 4 is 23.2 Å². The molecule has 1 atom stereocenters. The fraction of sp³-hybridized carbons (Fsp3) is 0.222. The Morgan fingerprint density at radius 2 is 2.00 bits per heavy atom. The third-order valence-electron chi connectivity index (χ3n) is 1.76. The topological polar surface area (TPSA) is 67.2 Å².